The maximum atomic E-state index is 16.2. The lowest BCUT2D eigenvalue weighted by atomic mass is 9.94. The fourth-order valence-corrected chi connectivity index (χ4v) is 5.27. The quantitative estimate of drug-likeness (QED) is 0.408. The number of aromatic nitrogens is 4. The predicted octanol–water partition coefficient (Wildman–Crippen LogP) is 4.47. The van der Waals surface area contributed by atoms with Crippen LogP contribution in [0.15, 0.2) is 37.2 Å². The van der Waals surface area contributed by atoms with Crippen LogP contribution in [0.5, 0.6) is 0 Å². The van der Waals surface area contributed by atoms with Crippen LogP contribution in [0.3, 0.4) is 0 Å². The van der Waals surface area contributed by atoms with Crippen molar-refractivity contribution in [2.75, 3.05) is 23.7 Å². The highest BCUT2D eigenvalue weighted by Crippen LogP contribution is 2.43. The summed E-state index contributed by atoms with van der Waals surface area (Å²) in [5.74, 6) is 0.185. The van der Waals surface area contributed by atoms with E-state index in [0.717, 1.165) is 5.56 Å². The van der Waals surface area contributed by atoms with Gasteiger partial charge in [-0.05, 0) is 44.5 Å². The molecule has 8 nitrogen and oxygen atoms in total. The van der Waals surface area contributed by atoms with Gasteiger partial charge in [-0.15, -0.1) is 0 Å². The fraction of sp³-hybridized carbons (Fsp3) is 0.280. The van der Waals surface area contributed by atoms with Crippen LogP contribution in [0.2, 0.25) is 5.02 Å². The maximum absolute atomic E-state index is 16.2. The largest absolute Gasteiger partial charge is 0.382 e. The van der Waals surface area contributed by atoms with Crippen LogP contribution in [0.4, 0.5) is 16.0 Å². The SMILES string of the molecule is C=CC(=O)N1C[C@H](C)N(c2ncnc3c(F)c(-c4c(C)ccc5[nH]nc(N)c45)c(Cl)cc23)C[C@H]1C. The molecule has 0 bridgehead atoms. The molecule has 1 aliphatic rings. The van der Waals surface area contributed by atoms with E-state index in [4.69, 9.17) is 17.3 Å². The Labute approximate surface area is 206 Å². The van der Waals surface area contributed by atoms with Gasteiger partial charge in [-0.1, -0.05) is 24.2 Å². The summed E-state index contributed by atoms with van der Waals surface area (Å²) >= 11 is 6.74. The van der Waals surface area contributed by atoms with Crippen LogP contribution in [0, 0.1) is 12.7 Å². The summed E-state index contributed by atoms with van der Waals surface area (Å²) in [4.78, 5) is 24.9. The fourth-order valence-electron chi connectivity index (χ4n) is 4.98. The molecule has 5 rings (SSSR count). The molecular formula is C25H25ClFN7O. The van der Waals surface area contributed by atoms with Gasteiger partial charge in [0, 0.05) is 41.7 Å². The Morgan fingerprint density at radius 2 is 2.03 bits per heavy atom. The van der Waals surface area contributed by atoms with Crippen LogP contribution in [-0.4, -0.2) is 56.1 Å². The molecule has 1 aliphatic heterocycles. The molecule has 2 atom stereocenters. The number of fused-ring (bicyclic) bond motifs is 2. The van der Waals surface area contributed by atoms with E-state index in [-0.39, 0.29) is 39.9 Å². The zero-order valence-electron chi connectivity index (χ0n) is 19.6. The lowest BCUT2D eigenvalue weighted by Gasteiger charge is -2.44. The number of piperazine rings is 1. The first kappa shape index (κ1) is 23.0. The van der Waals surface area contributed by atoms with E-state index >= 15 is 4.39 Å². The number of aryl methyl sites for hydroxylation is 1. The molecule has 0 aliphatic carbocycles. The number of nitrogens with zero attached hydrogens (tertiary/aromatic N) is 5. The maximum Gasteiger partial charge on any atom is 0.246 e. The molecule has 1 saturated heterocycles. The number of hydrogen-bond acceptors (Lipinski definition) is 6. The van der Waals surface area contributed by atoms with Gasteiger partial charge in [-0.25, -0.2) is 14.4 Å². The summed E-state index contributed by atoms with van der Waals surface area (Å²) in [6.45, 7) is 10.5. The first-order valence-electron chi connectivity index (χ1n) is 11.3. The minimum absolute atomic E-state index is 0.0589. The normalized spacial score (nSPS) is 18.4. The minimum Gasteiger partial charge on any atom is -0.382 e. The van der Waals surface area contributed by atoms with Crippen LogP contribution >= 0.6 is 11.6 Å². The molecule has 3 heterocycles. The summed E-state index contributed by atoms with van der Waals surface area (Å²) in [7, 11) is 0. The average molecular weight is 494 g/mol. The van der Waals surface area contributed by atoms with Crippen molar-refractivity contribution in [3.05, 3.63) is 53.6 Å². The van der Waals surface area contributed by atoms with E-state index in [1.807, 2.05) is 32.9 Å². The zero-order valence-corrected chi connectivity index (χ0v) is 20.4. The minimum atomic E-state index is -0.548. The van der Waals surface area contributed by atoms with E-state index in [0.29, 0.717) is 40.8 Å². The zero-order chi connectivity index (χ0) is 25.0. The van der Waals surface area contributed by atoms with E-state index in [9.17, 15) is 4.79 Å². The van der Waals surface area contributed by atoms with Crippen molar-refractivity contribution < 1.29 is 9.18 Å². The molecule has 2 aromatic carbocycles. The van der Waals surface area contributed by atoms with Crippen molar-refractivity contribution in [2.24, 2.45) is 0 Å². The summed E-state index contributed by atoms with van der Waals surface area (Å²) in [6.07, 6.45) is 2.68. The number of hydrogen-bond donors (Lipinski definition) is 2. The van der Waals surface area contributed by atoms with E-state index in [1.165, 1.54) is 12.4 Å². The summed E-state index contributed by atoms with van der Waals surface area (Å²) in [6, 6.07) is 5.29. The van der Waals surface area contributed by atoms with E-state index in [1.54, 1.807) is 11.0 Å². The number of H-pyrrole nitrogens is 1. The number of anilines is 2. The second-order valence-electron chi connectivity index (χ2n) is 8.97. The molecule has 4 aromatic rings. The van der Waals surface area contributed by atoms with E-state index in [2.05, 4.69) is 31.6 Å². The van der Waals surface area contributed by atoms with Crippen molar-refractivity contribution in [3.63, 3.8) is 0 Å². The molecule has 0 radical (unpaired) electrons. The Kier molecular flexibility index (Phi) is 5.59. The van der Waals surface area contributed by atoms with Gasteiger partial charge in [0.25, 0.3) is 0 Å². The smallest absolute Gasteiger partial charge is 0.246 e. The number of nitrogens with one attached hydrogen (secondary N) is 1. The number of carbonyl (C=O) groups is 1. The van der Waals surface area contributed by atoms with Gasteiger partial charge in [-0.3, -0.25) is 9.89 Å². The van der Waals surface area contributed by atoms with Gasteiger partial charge < -0.3 is 15.5 Å². The average Bonchev–Trinajstić information content (AvgIpc) is 3.21. The van der Waals surface area contributed by atoms with Gasteiger partial charge in [-0.2, -0.15) is 5.10 Å². The number of nitrogens with two attached hydrogens (primary N) is 1. The molecule has 0 saturated carbocycles. The molecule has 35 heavy (non-hydrogen) atoms. The lowest BCUT2D eigenvalue weighted by Crippen LogP contribution is -2.58. The molecule has 3 N–H and O–H groups in total. The third-order valence-corrected chi connectivity index (χ3v) is 7.03. The molecule has 1 fully saturated rings. The van der Waals surface area contributed by atoms with Crippen LogP contribution in [-0.2, 0) is 4.79 Å². The van der Waals surface area contributed by atoms with Gasteiger partial charge in [0.05, 0.1) is 15.9 Å². The van der Waals surface area contributed by atoms with Crippen molar-refractivity contribution in [1.29, 1.82) is 0 Å². The van der Waals surface area contributed by atoms with Gasteiger partial charge in [0.1, 0.15) is 17.7 Å². The highest BCUT2D eigenvalue weighted by molar-refractivity contribution is 6.35. The van der Waals surface area contributed by atoms with Crippen molar-refractivity contribution in [2.45, 2.75) is 32.9 Å². The molecule has 0 unspecified atom stereocenters. The van der Waals surface area contributed by atoms with Crippen molar-refractivity contribution in [3.8, 4) is 11.1 Å². The summed E-state index contributed by atoms with van der Waals surface area (Å²) in [5, 5.41) is 8.30. The Balaban J connectivity index is 1.67. The van der Waals surface area contributed by atoms with Crippen LogP contribution < -0.4 is 10.6 Å². The number of aromatic amines is 1. The Morgan fingerprint density at radius 1 is 1.26 bits per heavy atom. The molecule has 10 heteroatoms. The number of halogens is 2. The number of benzene rings is 2. The second-order valence-corrected chi connectivity index (χ2v) is 9.38. The summed E-state index contributed by atoms with van der Waals surface area (Å²) < 4.78 is 16.2. The Morgan fingerprint density at radius 3 is 2.77 bits per heavy atom. The van der Waals surface area contributed by atoms with Crippen LogP contribution in [0.25, 0.3) is 32.9 Å². The van der Waals surface area contributed by atoms with Gasteiger partial charge in [0.15, 0.2) is 11.6 Å². The monoisotopic (exact) mass is 493 g/mol. The topological polar surface area (TPSA) is 104 Å². The molecule has 0 spiro atoms. The number of carbonyl (C=O) groups excluding carboxylic acids is 1. The Bertz CT molecular complexity index is 1500. The van der Waals surface area contributed by atoms with Gasteiger partial charge in [0.2, 0.25) is 5.91 Å². The molecular weight excluding hydrogens is 469 g/mol. The molecule has 2 aromatic heterocycles. The standard InChI is InChI=1S/C25H25ClFN7O/c1-5-18(35)33-9-14(4)34(10-13(33)3)25-15-8-16(26)20(22(27)23(15)29-11-30-25)19-12(2)6-7-17-21(19)24(28)32-31-17/h5-8,11,13-14H,1,9-10H2,2-4H3,(H3,28,31,32)/t13-,14+/m1/s1. The lowest BCUT2D eigenvalue weighted by molar-refractivity contribution is -0.128. The third kappa shape index (κ3) is 3.58. The summed E-state index contributed by atoms with van der Waals surface area (Å²) in [5.41, 5.74) is 8.59. The first-order valence-corrected chi connectivity index (χ1v) is 11.7. The number of rotatable bonds is 3. The second kappa shape index (κ2) is 8.49. The third-order valence-electron chi connectivity index (χ3n) is 6.73. The number of amides is 1. The van der Waals surface area contributed by atoms with Crippen molar-refractivity contribution >= 4 is 50.9 Å². The predicted molar refractivity (Wildman–Crippen MR) is 137 cm³/mol. The highest BCUT2D eigenvalue weighted by Gasteiger charge is 2.33. The molecule has 180 valence electrons. The van der Waals surface area contributed by atoms with Gasteiger partial charge >= 0.3 is 0 Å². The number of nitrogen functional groups attached to an aromatic ring is 1. The van der Waals surface area contributed by atoms with Crippen LogP contribution in [0.1, 0.15) is 19.4 Å². The first-order chi connectivity index (χ1) is 16.7. The Hall–Kier alpha value is -3.72. The molecule has 1 amide bonds. The van der Waals surface area contributed by atoms with E-state index < -0.39 is 5.82 Å². The van der Waals surface area contributed by atoms with Crippen molar-refractivity contribution in [1.82, 2.24) is 25.1 Å². The highest BCUT2D eigenvalue weighted by atomic mass is 35.5.